The van der Waals surface area contributed by atoms with Crippen molar-refractivity contribution in [1.29, 1.82) is 0 Å². The Morgan fingerprint density at radius 2 is 1.90 bits per heavy atom. The molecule has 2 aromatic rings. The van der Waals surface area contributed by atoms with E-state index in [-0.39, 0.29) is 5.56 Å². The number of pyridine rings is 1. The monoisotopic (exact) mass is 286 g/mol. The van der Waals surface area contributed by atoms with E-state index >= 15 is 0 Å². The van der Waals surface area contributed by atoms with Crippen LogP contribution in [0.3, 0.4) is 0 Å². The number of aromatic nitrogens is 1. The summed E-state index contributed by atoms with van der Waals surface area (Å²) in [5.41, 5.74) is 2.52. The molecule has 0 fully saturated rings. The zero-order chi connectivity index (χ0) is 15.1. The fourth-order valence-corrected chi connectivity index (χ4v) is 2.11. The molecule has 2 rings (SSSR count). The molecule has 0 saturated heterocycles. The van der Waals surface area contributed by atoms with E-state index in [2.05, 4.69) is 17.2 Å². The SMILES string of the molecule is CCCCNCc1ccc(-c2ccc(OC)cc2)[nH]c1=O. The standard InChI is InChI=1S/C17H22N2O2/c1-3-4-11-18-12-14-7-10-16(19-17(14)20)13-5-8-15(21-2)9-6-13/h5-10,18H,3-4,11-12H2,1-2H3,(H,19,20). The van der Waals surface area contributed by atoms with Crippen molar-refractivity contribution in [3.63, 3.8) is 0 Å². The van der Waals surface area contributed by atoms with E-state index < -0.39 is 0 Å². The van der Waals surface area contributed by atoms with Crippen LogP contribution in [0.5, 0.6) is 5.75 Å². The fraction of sp³-hybridized carbons (Fsp3) is 0.353. The topological polar surface area (TPSA) is 54.1 Å². The number of unbranched alkanes of at least 4 members (excludes halogenated alkanes) is 1. The first-order chi connectivity index (χ1) is 10.2. The van der Waals surface area contributed by atoms with Gasteiger partial charge in [0.1, 0.15) is 5.75 Å². The van der Waals surface area contributed by atoms with Crippen molar-refractivity contribution in [2.24, 2.45) is 0 Å². The molecule has 0 unspecified atom stereocenters. The summed E-state index contributed by atoms with van der Waals surface area (Å²) < 4.78 is 5.13. The number of methoxy groups -OCH3 is 1. The predicted molar refractivity (Wildman–Crippen MR) is 85.7 cm³/mol. The molecule has 0 aliphatic rings. The maximum atomic E-state index is 12.1. The molecule has 1 aromatic carbocycles. The van der Waals surface area contributed by atoms with Gasteiger partial charge in [0.2, 0.25) is 0 Å². The van der Waals surface area contributed by atoms with Crippen LogP contribution < -0.4 is 15.6 Å². The lowest BCUT2D eigenvalue weighted by molar-refractivity contribution is 0.415. The van der Waals surface area contributed by atoms with Gasteiger partial charge in [-0.3, -0.25) is 4.79 Å². The van der Waals surface area contributed by atoms with E-state index in [1.165, 1.54) is 0 Å². The van der Waals surface area contributed by atoms with Crippen LogP contribution >= 0.6 is 0 Å². The Bertz CT molecular complexity index is 617. The molecule has 0 amide bonds. The maximum Gasteiger partial charge on any atom is 0.252 e. The molecule has 4 nitrogen and oxygen atoms in total. The second-order valence-corrected chi connectivity index (χ2v) is 4.99. The largest absolute Gasteiger partial charge is 0.497 e. The van der Waals surface area contributed by atoms with Gasteiger partial charge in [0, 0.05) is 17.8 Å². The number of aromatic amines is 1. The molecule has 21 heavy (non-hydrogen) atoms. The minimum absolute atomic E-state index is 0.0349. The van der Waals surface area contributed by atoms with Gasteiger partial charge in [0.25, 0.3) is 5.56 Å². The summed E-state index contributed by atoms with van der Waals surface area (Å²) in [6.45, 7) is 3.70. The number of rotatable bonds is 7. The molecule has 0 aliphatic carbocycles. The first-order valence-electron chi connectivity index (χ1n) is 7.32. The minimum atomic E-state index is -0.0349. The number of hydrogen-bond acceptors (Lipinski definition) is 3. The Hall–Kier alpha value is -2.07. The van der Waals surface area contributed by atoms with Crippen LogP contribution in [-0.2, 0) is 6.54 Å². The minimum Gasteiger partial charge on any atom is -0.497 e. The number of ether oxygens (including phenoxy) is 1. The second kappa shape index (κ2) is 7.64. The summed E-state index contributed by atoms with van der Waals surface area (Å²) in [5.74, 6) is 0.804. The average Bonchev–Trinajstić information content (AvgIpc) is 2.53. The van der Waals surface area contributed by atoms with Crippen LogP contribution in [0.4, 0.5) is 0 Å². The molecule has 1 heterocycles. The van der Waals surface area contributed by atoms with Gasteiger partial charge >= 0.3 is 0 Å². The Labute approximate surface area is 125 Å². The molecular formula is C17H22N2O2. The van der Waals surface area contributed by atoms with Crippen molar-refractivity contribution >= 4 is 0 Å². The lowest BCUT2D eigenvalue weighted by atomic mass is 10.1. The van der Waals surface area contributed by atoms with Crippen LogP contribution in [0.1, 0.15) is 25.3 Å². The molecule has 0 aliphatic heterocycles. The molecule has 0 saturated carbocycles. The molecule has 1 aromatic heterocycles. The van der Waals surface area contributed by atoms with Gasteiger partial charge in [0.05, 0.1) is 7.11 Å². The van der Waals surface area contributed by atoms with Crippen molar-refractivity contribution in [3.8, 4) is 17.0 Å². The third-order valence-corrected chi connectivity index (χ3v) is 3.41. The van der Waals surface area contributed by atoms with Crippen LogP contribution in [0.2, 0.25) is 0 Å². The van der Waals surface area contributed by atoms with Crippen LogP contribution in [0, 0.1) is 0 Å². The van der Waals surface area contributed by atoms with Crippen molar-refractivity contribution < 1.29 is 4.74 Å². The second-order valence-electron chi connectivity index (χ2n) is 4.99. The van der Waals surface area contributed by atoms with Gasteiger partial charge in [-0.2, -0.15) is 0 Å². The van der Waals surface area contributed by atoms with E-state index in [0.29, 0.717) is 6.54 Å². The molecule has 0 spiro atoms. The quantitative estimate of drug-likeness (QED) is 0.769. The third kappa shape index (κ3) is 4.20. The van der Waals surface area contributed by atoms with Gasteiger partial charge in [-0.05, 0) is 48.9 Å². The van der Waals surface area contributed by atoms with E-state index in [1.54, 1.807) is 7.11 Å². The van der Waals surface area contributed by atoms with Crippen LogP contribution in [0.15, 0.2) is 41.2 Å². The lowest BCUT2D eigenvalue weighted by Crippen LogP contribution is -2.21. The van der Waals surface area contributed by atoms with Crippen molar-refractivity contribution in [1.82, 2.24) is 10.3 Å². The smallest absolute Gasteiger partial charge is 0.252 e. The zero-order valence-electron chi connectivity index (χ0n) is 12.6. The zero-order valence-corrected chi connectivity index (χ0v) is 12.6. The fourth-order valence-electron chi connectivity index (χ4n) is 2.11. The summed E-state index contributed by atoms with van der Waals surface area (Å²) in [5, 5.41) is 3.28. The number of nitrogens with one attached hydrogen (secondary N) is 2. The van der Waals surface area contributed by atoms with E-state index in [1.807, 2.05) is 36.4 Å². The molecule has 2 N–H and O–H groups in total. The van der Waals surface area contributed by atoms with Crippen LogP contribution in [-0.4, -0.2) is 18.6 Å². The molecule has 0 bridgehead atoms. The van der Waals surface area contributed by atoms with Gasteiger partial charge in [-0.25, -0.2) is 0 Å². The van der Waals surface area contributed by atoms with Crippen molar-refractivity contribution in [2.75, 3.05) is 13.7 Å². The van der Waals surface area contributed by atoms with E-state index in [0.717, 1.165) is 42.0 Å². The first kappa shape index (κ1) is 15.3. The Morgan fingerprint density at radius 1 is 1.14 bits per heavy atom. The molecule has 0 atom stereocenters. The molecular weight excluding hydrogens is 264 g/mol. The molecule has 112 valence electrons. The Balaban J connectivity index is 2.08. The highest BCUT2D eigenvalue weighted by molar-refractivity contribution is 5.60. The van der Waals surface area contributed by atoms with Crippen molar-refractivity contribution in [3.05, 3.63) is 52.3 Å². The van der Waals surface area contributed by atoms with E-state index in [9.17, 15) is 4.79 Å². The summed E-state index contributed by atoms with van der Waals surface area (Å²) in [7, 11) is 1.64. The Kier molecular flexibility index (Phi) is 5.58. The van der Waals surface area contributed by atoms with Gasteiger partial charge < -0.3 is 15.0 Å². The number of H-pyrrole nitrogens is 1. The summed E-state index contributed by atoms with van der Waals surface area (Å²) in [4.78, 5) is 15.0. The van der Waals surface area contributed by atoms with E-state index in [4.69, 9.17) is 4.74 Å². The number of benzene rings is 1. The summed E-state index contributed by atoms with van der Waals surface area (Å²) in [6.07, 6.45) is 2.28. The lowest BCUT2D eigenvalue weighted by Gasteiger charge is -2.06. The average molecular weight is 286 g/mol. The highest BCUT2D eigenvalue weighted by atomic mass is 16.5. The highest BCUT2D eigenvalue weighted by Gasteiger charge is 2.03. The van der Waals surface area contributed by atoms with Gasteiger partial charge in [0.15, 0.2) is 0 Å². The van der Waals surface area contributed by atoms with Gasteiger partial charge in [-0.15, -0.1) is 0 Å². The summed E-state index contributed by atoms with van der Waals surface area (Å²) in [6, 6.07) is 11.5. The predicted octanol–water partition coefficient (Wildman–Crippen LogP) is 2.94. The first-order valence-corrected chi connectivity index (χ1v) is 7.32. The molecule has 4 heteroatoms. The normalized spacial score (nSPS) is 10.6. The van der Waals surface area contributed by atoms with Crippen LogP contribution in [0.25, 0.3) is 11.3 Å². The van der Waals surface area contributed by atoms with Crippen molar-refractivity contribution in [2.45, 2.75) is 26.3 Å². The Morgan fingerprint density at radius 3 is 2.52 bits per heavy atom. The third-order valence-electron chi connectivity index (χ3n) is 3.41. The van der Waals surface area contributed by atoms with Gasteiger partial charge in [-0.1, -0.05) is 19.4 Å². The maximum absolute atomic E-state index is 12.1. The number of hydrogen-bond donors (Lipinski definition) is 2. The molecule has 0 radical (unpaired) electrons. The summed E-state index contributed by atoms with van der Waals surface area (Å²) >= 11 is 0. The highest BCUT2D eigenvalue weighted by Crippen LogP contribution is 2.19.